The van der Waals surface area contributed by atoms with Crippen molar-refractivity contribution in [1.29, 1.82) is 0 Å². The highest BCUT2D eigenvalue weighted by atomic mass is 16.6. The van der Waals surface area contributed by atoms with Crippen LogP contribution in [-0.4, -0.2) is 65.9 Å². The van der Waals surface area contributed by atoms with Gasteiger partial charge >= 0.3 is 6.09 Å². The zero-order valence-corrected chi connectivity index (χ0v) is 17.7. The number of nitrogens with zero attached hydrogens (tertiary/aromatic N) is 2. The molecule has 7 nitrogen and oxygen atoms in total. The lowest BCUT2D eigenvalue weighted by Crippen LogP contribution is -2.50. The van der Waals surface area contributed by atoms with E-state index in [0.717, 1.165) is 44.5 Å². The van der Waals surface area contributed by atoms with Gasteiger partial charge in [0.25, 0.3) is 5.91 Å². The summed E-state index contributed by atoms with van der Waals surface area (Å²) < 4.78 is 5.44. The third-order valence-electron chi connectivity index (χ3n) is 5.46. The Morgan fingerprint density at radius 1 is 1.00 bits per heavy atom. The molecule has 1 saturated carbocycles. The molecule has 2 amide bonds. The number of anilines is 1. The molecule has 2 aliphatic rings. The number of hydrogen-bond acceptors (Lipinski definition) is 5. The summed E-state index contributed by atoms with van der Waals surface area (Å²) in [7, 11) is 0. The second kappa shape index (κ2) is 9.03. The van der Waals surface area contributed by atoms with E-state index in [1.807, 2.05) is 45.0 Å². The van der Waals surface area contributed by atoms with Crippen LogP contribution in [0.5, 0.6) is 0 Å². The predicted molar refractivity (Wildman–Crippen MR) is 112 cm³/mol. The minimum absolute atomic E-state index is 0.0623. The van der Waals surface area contributed by atoms with Crippen molar-refractivity contribution >= 4 is 17.7 Å². The number of ether oxygens (including phenoxy) is 1. The molecule has 1 heterocycles. The third kappa shape index (κ3) is 6.10. The van der Waals surface area contributed by atoms with Crippen molar-refractivity contribution in [2.45, 2.75) is 64.2 Å². The standard InChI is InChI=1S/C22H33N3O4/c1-22(2,3)29-21(28)25-14-12-24(13-15-25)18-8-4-16(5-9-18)20(27)23-17-6-10-19(26)11-7-17/h4-5,8-9,17,19,26H,6-7,10-15H2,1-3H3,(H,23,27). The van der Waals surface area contributed by atoms with E-state index < -0.39 is 5.60 Å². The molecule has 0 atom stereocenters. The van der Waals surface area contributed by atoms with Gasteiger partial charge in [-0.1, -0.05) is 0 Å². The molecule has 0 aromatic heterocycles. The van der Waals surface area contributed by atoms with E-state index in [4.69, 9.17) is 4.74 Å². The Morgan fingerprint density at radius 3 is 2.14 bits per heavy atom. The molecule has 29 heavy (non-hydrogen) atoms. The number of aliphatic hydroxyl groups is 1. The van der Waals surface area contributed by atoms with Crippen molar-refractivity contribution < 1.29 is 19.4 Å². The van der Waals surface area contributed by atoms with Gasteiger partial charge in [0, 0.05) is 43.5 Å². The summed E-state index contributed by atoms with van der Waals surface area (Å²) in [5, 5.41) is 12.7. The van der Waals surface area contributed by atoms with Crippen LogP contribution in [0.4, 0.5) is 10.5 Å². The van der Waals surface area contributed by atoms with Crippen molar-refractivity contribution in [3.63, 3.8) is 0 Å². The number of rotatable bonds is 3. The van der Waals surface area contributed by atoms with Crippen LogP contribution in [0.15, 0.2) is 24.3 Å². The van der Waals surface area contributed by atoms with Crippen LogP contribution < -0.4 is 10.2 Å². The Bertz CT molecular complexity index is 698. The van der Waals surface area contributed by atoms with Crippen LogP contribution in [0.2, 0.25) is 0 Å². The molecule has 0 bridgehead atoms. The average Bonchev–Trinajstić information content (AvgIpc) is 2.69. The van der Waals surface area contributed by atoms with Crippen molar-refractivity contribution in [1.82, 2.24) is 10.2 Å². The topological polar surface area (TPSA) is 82.1 Å². The number of carbonyl (C=O) groups is 2. The van der Waals surface area contributed by atoms with Crippen LogP contribution >= 0.6 is 0 Å². The van der Waals surface area contributed by atoms with E-state index in [2.05, 4.69) is 10.2 Å². The summed E-state index contributed by atoms with van der Waals surface area (Å²) in [6.45, 7) is 8.31. The van der Waals surface area contributed by atoms with Gasteiger partial charge in [-0.25, -0.2) is 4.79 Å². The highest BCUT2D eigenvalue weighted by Crippen LogP contribution is 2.21. The third-order valence-corrected chi connectivity index (χ3v) is 5.46. The molecule has 2 N–H and O–H groups in total. The molecular formula is C22H33N3O4. The number of amides is 2. The predicted octanol–water partition coefficient (Wildman–Crippen LogP) is 2.78. The van der Waals surface area contributed by atoms with Crippen molar-refractivity contribution in [2.75, 3.05) is 31.1 Å². The van der Waals surface area contributed by atoms with Crippen molar-refractivity contribution in [2.24, 2.45) is 0 Å². The van der Waals surface area contributed by atoms with Crippen molar-refractivity contribution in [3.05, 3.63) is 29.8 Å². The lowest BCUT2D eigenvalue weighted by Gasteiger charge is -2.36. The number of hydrogen-bond donors (Lipinski definition) is 2. The minimum atomic E-state index is -0.484. The Labute approximate surface area is 173 Å². The molecule has 7 heteroatoms. The fourth-order valence-corrected chi connectivity index (χ4v) is 3.79. The van der Waals surface area contributed by atoms with E-state index in [1.165, 1.54) is 0 Å². The minimum Gasteiger partial charge on any atom is -0.444 e. The van der Waals surface area contributed by atoms with Gasteiger partial charge in [-0.15, -0.1) is 0 Å². The molecular weight excluding hydrogens is 370 g/mol. The molecule has 0 radical (unpaired) electrons. The van der Waals surface area contributed by atoms with Gasteiger partial charge < -0.3 is 25.0 Å². The summed E-state index contributed by atoms with van der Waals surface area (Å²) in [5.74, 6) is -0.0623. The SMILES string of the molecule is CC(C)(C)OC(=O)N1CCN(c2ccc(C(=O)NC3CCC(O)CC3)cc2)CC1. The van der Waals surface area contributed by atoms with E-state index >= 15 is 0 Å². The fraction of sp³-hybridized carbons (Fsp3) is 0.636. The van der Waals surface area contributed by atoms with Crippen LogP contribution in [0.1, 0.15) is 56.8 Å². The van der Waals surface area contributed by atoms with Crippen LogP contribution in [0.3, 0.4) is 0 Å². The first kappa shape index (κ1) is 21.4. The molecule has 160 valence electrons. The number of carbonyl (C=O) groups excluding carboxylic acids is 2. The summed E-state index contributed by atoms with van der Waals surface area (Å²) in [4.78, 5) is 28.6. The second-order valence-electron chi connectivity index (χ2n) is 8.98. The molecule has 1 aromatic rings. The second-order valence-corrected chi connectivity index (χ2v) is 8.98. The molecule has 1 saturated heterocycles. The maximum absolute atomic E-state index is 12.5. The number of aliphatic hydroxyl groups excluding tert-OH is 1. The number of benzene rings is 1. The Morgan fingerprint density at radius 2 is 1.59 bits per heavy atom. The summed E-state index contributed by atoms with van der Waals surface area (Å²) in [5.41, 5.74) is 1.21. The molecule has 3 rings (SSSR count). The maximum atomic E-state index is 12.5. The van der Waals surface area contributed by atoms with Crippen LogP contribution in [-0.2, 0) is 4.74 Å². The van der Waals surface area contributed by atoms with Gasteiger partial charge in [0.15, 0.2) is 0 Å². The first-order chi connectivity index (χ1) is 13.7. The fourth-order valence-electron chi connectivity index (χ4n) is 3.79. The monoisotopic (exact) mass is 403 g/mol. The first-order valence-electron chi connectivity index (χ1n) is 10.5. The van der Waals surface area contributed by atoms with Gasteiger partial charge in [0.1, 0.15) is 5.60 Å². The van der Waals surface area contributed by atoms with E-state index in [-0.39, 0.29) is 24.1 Å². The van der Waals surface area contributed by atoms with Gasteiger partial charge in [-0.05, 0) is 70.7 Å². The molecule has 0 unspecified atom stereocenters. The molecule has 1 aromatic carbocycles. The zero-order chi connectivity index (χ0) is 21.0. The van der Waals surface area contributed by atoms with Gasteiger partial charge in [-0.2, -0.15) is 0 Å². The zero-order valence-electron chi connectivity index (χ0n) is 17.7. The number of nitrogens with one attached hydrogen (secondary N) is 1. The average molecular weight is 404 g/mol. The Balaban J connectivity index is 1.49. The molecule has 2 fully saturated rings. The normalized spacial score (nSPS) is 22.9. The molecule has 0 spiro atoms. The van der Waals surface area contributed by atoms with E-state index in [1.54, 1.807) is 4.90 Å². The van der Waals surface area contributed by atoms with Crippen molar-refractivity contribution in [3.8, 4) is 0 Å². The Kier molecular flexibility index (Phi) is 6.67. The summed E-state index contributed by atoms with van der Waals surface area (Å²) in [6.07, 6.45) is 2.66. The maximum Gasteiger partial charge on any atom is 0.410 e. The van der Waals surface area contributed by atoms with Crippen LogP contribution in [0, 0.1) is 0 Å². The summed E-state index contributed by atoms with van der Waals surface area (Å²) >= 11 is 0. The first-order valence-corrected chi connectivity index (χ1v) is 10.5. The van der Waals surface area contributed by atoms with E-state index in [9.17, 15) is 14.7 Å². The smallest absolute Gasteiger partial charge is 0.410 e. The van der Waals surface area contributed by atoms with Crippen LogP contribution in [0.25, 0.3) is 0 Å². The number of piperazine rings is 1. The summed E-state index contributed by atoms with van der Waals surface area (Å²) in [6, 6.07) is 7.77. The highest BCUT2D eigenvalue weighted by Gasteiger charge is 2.26. The molecule has 1 aliphatic carbocycles. The highest BCUT2D eigenvalue weighted by molar-refractivity contribution is 5.94. The van der Waals surface area contributed by atoms with E-state index in [0.29, 0.717) is 18.7 Å². The molecule has 1 aliphatic heterocycles. The quantitative estimate of drug-likeness (QED) is 0.811. The van der Waals surface area contributed by atoms with Gasteiger partial charge in [-0.3, -0.25) is 4.79 Å². The lowest BCUT2D eigenvalue weighted by molar-refractivity contribution is 0.0240. The Hall–Kier alpha value is -2.28. The van der Waals surface area contributed by atoms with Gasteiger partial charge in [0.2, 0.25) is 0 Å². The largest absolute Gasteiger partial charge is 0.444 e. The van der Waals surface area contributed by atoms with Gasteiger partial charge in [0.05, 0.1) is 6.10 Å². The lowest BCUT2D eigenvalue weighted by atomic mass is 9.93.